The van der Waals surface area contributed by atoms with Gasteiger partial charge in [0.2, 0.25) is 0 Å². The van der Waals surface area contributed by atoms with E-state index in [1.165, 1.54) is 26.5 Å². The first kappa shape index (κ1) is 29.5. The molecule has 0 amide bonds. The Balaban J connectivity index is 1.03. The van der Waals surface area contributed by atoms with Gasteiger partial charge < -0.3 is 0 Å². The standard InChI is InChI=1S/C43H29N5S2/c1-4-13-26(14-5-1)40-44-36-31-19-10-11-22-34(31)50-39(36)37(45-40)32-21-12-20-30-33-25-29(23-24-35(33)49-38(30)32)43-47-41(27-15-6-2-7-16-27)46-42(48-43)28-17-8-3-9-18-28/h1-25,30,36,38-39H. The van der Waals surface area contributed by atoms with Crippen molar-refractivity contribution in [1.29, 1.82) is 0 Å². The van der Waals surface area contributed by atoms with Crippen LogP contribution in [0.15, 0.2) is 177 Å². The Morgan fingerprint density at radius 3 is 1.78 bits per heavy atom. The van der Waals surface area contributed by atoms with Crippen molar-refractivity contribution in [3.05, 3.63) is 174 Å². The van der Waals surface area contributed by atoms with Crippen LogP contribution in [0.3, 0.4) is 0 Å². The van der Waals surface area contributed by atoms with Gasteiger partial charge in [0.25, 0.3) is 0 Å². The molecule has 10 rings (SSSR count). The fraction of sp³-hybridized carbons (Fsp3) is 0.0930. The van der Waals surface area contributed by atoms with Crippen LogP contribution < -0.4 is 0 Å². The molecule has 3 aliphatic heterocycles. The largest absolute Gasteiger partial charge is 0.256 e. The molecule has 6 aromatic rings. The topological polar surface area (TPSA) is 63.4 Å². The molecular formula is C43H29N5S2. The highest BCUT2D eigenvalue weighted by atomic mass is 32.2. The van der Waals surface area contributed by atoms with E-state index in [1.807, 2.05) is 90.3 Å². The van der Waals surface area contributed by atoms with Gasteiger partial charge in [-0.2, -0.15) is 0 Å². The third-order valence-corrected chi connectivity index (χ3v) is 12.5. The van der Waals surface area contributed by atoms with Gasteiger partial charge in [-0.15, -0.1) is 23.5 Å². The van der Waals surface area contributed by atoms with Gasteiger partial charge in [-0.05, 0) is 34.9 Å². The lowest BCUT2D eigenvalue weighted by Gasteiger charge is -2.30. The van der Waals surface area contributed by atoms with E-state index in [9.17, 15) is 0 Å². The molecule has 0 bridgehead atoms. The Morgan fingerprint density at radius 1 is 0.500 bits per heavy atom. The summed E-state index contributed by atoms with van der Waals surface area (Å²) >= 11 is 3.84. The van der Waals surface area contributed by atoms with Crippen molar-refractivity contribution in [2.75, 3.05) is 0 Å². The van der Waals surface area contributed by atoms with Crippen molar-refractivity contribution in [2.24, 2.45) is 9.98 Å². The summed E-state index contributed by atoms with van der Waals surface area (Å²) in [6.07, 6.45) is 6.86. The normalized spacial score (nSPS) is 21.3. The highest BCUT2D eigenvalue weighted by Crippen LogP contribution is 2.55. The SMILES string of the molecule is C1=CC2c3cc(-c4nc(-c5ccccc5)nc(-c5ccccc5)n4)ccc3SC2C(C2=NC(c3ccccc3)=NC3c4ccccc4SC23)=C1. The number of nitrogens with zero attached hydrogens (tertiary/aromatic N) is 5. The summed E-state index contributed by atoms with van der Waals surface area (Å²) in [5.74, 6) is 3.02. The quantitative estimate of drug-likeness (QED) is 0.182. The van der Waals surface area contributed by atoms with E-state index in [2.05, 4.69) is 85.0 Å². The number of thioether (sulfide) groups is 2. The summed E-state index contributed by atoms with van der Waals surface area (Å²) in [6, 6.07) is 46.1. The number of aliphatic imine (C=N–C) groups is 2. The van der Waals surface area contributed by atoms with Crippen LogP contribution in [0.25, 0.3) is 34.2 Å². The van der Waals surface area contributed by atoms with E-state index in [4.69, 9.17) is 24.9 Å². The molecule has 1 aliphatic carbocycles. The third kappa shape index (κ3) is 5.08. The van der Waals surface area contributed by atoms with Crippen LogP contribution in [-0.4, -0.2) is 37.0 Å². The van der Waals surface area contributed by atoms with Crippen molar-refractivity contribution in [1.82, 2.24) is 15.0 Å². The molecule has 4 heterocycles. The molecule has 5 aromatic carbocycles. The average molecular weight is 680 g/mol. The third-order valence-electron chi connectivity index (χ3n) is 9.67. The second kappa shape index (κ2) is 12.2. The van der Waals surface area contributed by atoms with Crippen LogP contribution in [-0.2, 0) is 0 Å². The predicted molar refractivity (Wildman–Crippen MR) is 205 cm³/mol. The Labute approximate surface area is 299 Å². The Bertz CT molecular complexity index is 2350. The van der Waals surface area contributed by atoms with Gasteiger partial charge in [-0.1, -0.05) is 133 Å². The van der Waals surface area contributed by atoms with Gasteiger partial charge in [0.15, 0.2) is 23.3 Å². The first-order valence-corrected chi connectivity index (χ1v) is 18.6. The van der Waals surface area contributed by atoms with Crippen molar-refractivity contribution < 1.29 is 0 Å². The van der Waals surface area contributed by atoms with Crippen LogP contribution in [0.2, 0.25) is 0 Å². The summed E-state index contributed by atoms with van der Waals surface area (Å²) in [5.41, 5.74) is 8.99. The lowest BCUT2D eigenvalue weighted by molar-refractivity contribution is 0.765. The van der Waals surface area contributed by atoms with Crippen LogP contribution >= 0.6 is 23.5 Å². The van der Waals surface area contributed by atoms with Gasteiger partial charge in [-0.25, -0.2) is 19.9 Å². The number of rotatable bonds is 5. The minimum atomic E-state index is 0.0333. The number of amidine groups is 1. The predicted octanol–water partition coefficient (Wildman–Crippen LogP) is 10.0. The molecule has 0 saturated carbocycles. The maximum Gasteiger partial charge on any atom is 0.164 e. The number of hydrogen-bond donors (Lipinski definition) is 0. The lowest BCUT2D eigenvalue weighted by atomic mass is 9.83. The first-order valence-electron chi connectivity index (χ1n) is 16.8. The van der Waals surface area contributed by atoms with E-state index in [0.717, 1.165) is 33.8 Å². The monoisotopic (exact) mass is 679 g/mol. The number of fused-ring (bicyclic) bond motifs is 6. The van der Waals surface area contributed by atoms with E-state index in [1.54, 1.807) is 0 Å². The van der Waals surface area contributed by atoms with E-state index < -0.39 is 0 Å². The molecule has 0 N–H and O–H groups in total. The van der Waals surface area contributed by atoms with Crippen molar-refractivity contribution in [2.45, 2.75) is 32.3 Å². The molecule has 0 fully saturated rings. The summed E-state index contributed by atoms with van der Waals surface area (Å²) in [7, 11) is 0. The average Bonchev–Trinajstić information content (AvgIpc) is 3.77. The molecular weight excluding hydrogens is 651 g/mol. The Kier molecular flexibility index (Phi) is 7.21. The molecule has 0 radical (unpaired) electrons. The number of hydrogen-bond acceptors (Lipinski definition) is 7. The van der Waals surface area contributed by atoms with Gasteiger partial charge in [0.1, 0.15) is 0 Å². The van der Waals surface area contributed by atoms with Crippen molar-refractivity contribution in [3.63, 3.8) is 0 Å². The van der Waals surface area contributed by atoms with Crippen LogP contribution in [0.5, 0.6) is 0 Å². The fourth-order valence-electron chi connectivity index (χ4n) is 7.27. The molecule has 1 aromatic heterocycles. The molecule has 4 unspecified atom stereocenters. The summed E-state index contributed by atoms with van der Waals surface area (Å²) in [4.78, 5) is 28.2. The molecule has 238 valence electrons. The van der Waals surface area contributed by atoms with Crippen LogP contribution in [0.1, 0.15) is 28.7 Å². The maximum atomic E-state index is 5.37. The molecule has 0 spiro atoms. The van der Waals surface area contributed by atoms with Gasteiger partial charge in [0.05, 0.1) is 17.0 Å². The zero-order valence-corrected chi connectivity index (χ0v) is 28.4. The number of allylic oxidation sites excluding steroid dienone is 3. The summed E-state index contributed by atoms with van der Waals surface area (Å²) < 4.78 is 0. The number of benzene rings is 5. The van der Waals surface area contributed by atoms with E-state index >= 15 is 0 Å². The number of aromatic nitrogens is 3. The van der Waals surface area contributed by atoms with E-state index in [0.29, 0.717) is 17.5 Å². The maximum absolute atomic E-state index is 5.37. The second-order valence-corrected chi connectivity index (χ2v) is 15.1. The highest BCUT2D eigenvalue weighted by molar-refractivity contribution is 8.01. The molecule has 5 nitrogen and oxygen atoms in total. The second-order valence-electron chi connectivity index (χ2n) is 12.7. The van der Waals surface area contributed by atoms with Gasteiger partial charge in [-0.3, -0.25) is 4.99 Å². The van der Waals surface area contributed by atoms with Crippen LogP contribution in [0.4, 0.5) is 0 Å². The van der Waals surface area contributed by atoms with Gasteiger partial charge in [0, 0.05) is 43.2 Å². The van der Waals surface area contributed by atoms with Gasteiger partial charge >= 0.3 is 0 Å². The van der Waals surface area contributed by atoms with Crippen LogP contribution in [0, 0.1) is 0 Å². The smallest absolute Gasteiger partial charge is 0.164 e. The first-order chi connectivity index (χ1) is 24.8. The zero-order valence-electron chi connectivity index (χ0n) is 26.8. The molecule has 4 atom stereocenters. The lowest BCUT2D eigenvalue weighted by Crippen LogP contribution is -2.33. The van der Waals surface area contributed by atoms with E-state index in [-0.39, 0.29) is 22.5 Å². The molecule has 4 aliphatic rings. The summed E-state index contributed by atoms with van der Waals surface area (Å²) in [6.45, 7) is 0. The minimum absolute atomic E-state index is 0.0333. The molecule has 50 heavy (non-hydrogen) atoms. The Hall–Kier alpha value is -5.37. The zero-order chi connectivity index (χ0) is 33.0. The Morgan fingerprint density at radius 2 is 1.08 bits per heavy atom. The highest BCUT2D eigenvalue weighted by Gasteiger charge is 2.45. The van der Waals surface area contributed by atoms with Crippen molar-refractivity contribution >= 4 is 35.1 Å². The minimum Gasteiger partial charge on any atom is -0.256 e. The fourth-order valence-corrected chi connectivity index (χ4v) is 10.1. The molecule has 0 saturated heterocycles. The van der Waals surface area contributed by atoms with Crippen molar-refractivity contribution in [3.8, 4) is 34.2 Å². The summed E-state index contributed by atoms with van der Waals surface area (Å²) in [5, 5.41) is 0.346. The molecule has 7 heteroatoms.